The highest BCUT2D eigenvalue weighted by atomic mass is 35.5. The van der Waals surface area contributed by atoms with Crippen LogP contribution in [0.5, 0.6) is 0 Å². The van der Waals surface area contributed by atoms with Gasteiger partial charge in [0.05, 0.1) is 10.9 Å². The van der Waals surface area contributed by atoms with E-state index in [4.69, 9.17) is 17.3 Å². The minimum absolute atomic E-state index is 0.299. The van der Waals surface area contributed by atoms with Gasteiger partial charge in [0.2, 0.25) is 5.91 Å². The summed E-state index contributed by atoms with van der Waals surface area (Å²) in [6.45, 7) is 3.85. The molecule has 0 unspecified atom stereocenters. The van der Waals surface area contributed by atoms with Crippen LogP contribution in [-0.4, -0.2) is 21.3 Å². The number of nitrogens with two attached hydrogens (primary N) is 1. The molecular formula is C14H17ClFN3O. The Morgan fingerprint density at radius 3 is 2.80 bits per heavy atom. The molecule has 1 aromatic heterocycles. The SMILES string of the molecule is CC(C)(Cn1c(CCCl)nc2c(F)cccc21)C(N)=O. The number of amides is 1. The van der Waals surface area contributed by atoms with Gasteiger partial charge in [0.25, 0.3) is 0 Å². The lowest BCUT2D eigenvalue weighted by Crippen LogP contribution is -2.35. The molecule has 0 bridgehead atoms. The van der Waals surface area contributed by atoms with Gasteiger partial charge in [-0.15, -0.1) is 11.6 Å². The molecule has 108 valence electrons. The molecule has 2 rings (SSSR count). The number of primary amides is 1. The minimum atomic E-state index is -0.749. The van der Waals surface area contributed by atoms with Crippen molar-refractivity contribution in [3.05, 3.63) is 29.8 Å². The molecule has 20 heavy (non-hydrogen) atoms. The number of alkyl halides is 1. The van der Waals surface area contributed by atoms with Gasteiger partial charge >= 0.3 is 0 Å². The summed E-state index contributed by atoms with van der Waals surface area (Å²) in [7, 11) is 0. The predicted molar refractivity (Wildman–Crippen MR) is 77.1 cm³/mol. The quantitative estimate of drug-likeness (QED) is 0.862. The number of hydrogen-bond donors (Lipinski definition) is 1. The molecule has 1 aromatic carbocycles. The highest BCUT2D eigenvalue weighted by molar-refractivity contribution is 6.17. The maximum atomic E-state index is 13.8. The summed E-state index contributed by atoms with van der Waals surface area (Å²) in [4.78, 5) is 15.8. The topological polar surface area (TPSA) is 60.9 Å². The molecule has 1 amide bonds. The number of carbonyl (C=O) groups excluding carboxylic acids is 1. The van der Waals surface area contributed by atoms with Crippen molar-refractivity contribution in [3.8, 4) is 0 Å². The first-order chi connectivity index (χ1) is 9.36. The summed E-state index contributed by atoms with van der Waals surface area (Å²) in [6.07, 6.45) is 0.504. The Kier molecular flexibility index (Phi) is 3.99. The molecule has 0 saturated heterocycles. The number of fused-ring (bicyclic) bond motifs is 1. The number of aryl methyl sites for hydroxylation is 1. The number of aromatic nitrogens is 2. The largest absolute Gasteiger partial charge is 0.369 e. The fourth-order valence-corrected chi connectivity index (χ4v) is 2.25. The van der Waals surface area contributed by atoms with E-state index in [2.05, 4.69) is 4.98 Å². The molecule has 0 saturated carbocycles. The van der Waals surface area contributed by atoms with Crippen LogP contribution >= 0.6 is 11.6 Å². The zero-order valence-corrected chi connectivity index (χ0v) is 12.2. The zero-order valence-electron chi connectivity index (χ0n) is 11.5. The fourth-order valence-electron chi connectivity index (χ4n) is 2.09. The average Bonchev–Trinajstić information content (AvgIpc) is 2.69. The zero-order chi connectivity index (χ0) is 14.9. The second-order valence-electron chi connectivity index (χ2n) is 5.41. The first-order valence-electron chi connectivity index (χ1n) is 6.36. The number of hydrogen-bond acceptors (Lipinski definition) is 2. The number of para-hydroxylation sites is 1. The summed E-state index contributed by atoms with van der Waals surface area (Å²) in [5, 5.41) is 0. The van der Waals surface area contributed by atoms with E-state index >= 15 is 0 Å². The van der Waals surface area contributed by atoms with E-state index in [-0.39, 0.29) is 5.82 Å². The van der Waals surface area contributed by atoms with Gasteiger partial charge < -0.3 is 10.3 Å². The predicted octanol–water partition coefficient (Wildman–Crippen LogP) is 2.47. The molecule has 0 radical (unpaired) electrons. The summed E-state index contributed by atoms with van der Waals surface area (Å²) < 4.78 is 15.6. The second kappa shape index (κ2) is 5.40. The Hall–Kier alpha value is -1.62. The molecule has 4 nitrogen and oxygen atoms in total. The summed E-state index contributed by atoms with van der Waals surface area (Å²) >= 11 is 5.77. The lowest BCUT2D eigenvalue weighted by molar-refractivity contribution is -0.126. The molecule has 0 atom stereocenters. The van der Waals surface area contributed by atoms with Crippen LogP contribution in [0.3, 0.4) is 0 Å². The average molecular weight is 298 g/mol. The van der Waals surface area contributed by atoms with Crippen molar-refractivity contribution in [2.24, 2.45) is 11.1 Å². The maximum absolute atomic E-state index is 13.8. The molecular weight excluding hydrogens is 281 g/mol. The van der Waals surface area contributed by atoms with Gasteiger partial charge in [0.1, 0.15) is 11.3 Å². The first-order valence-corrected chi connectivity index (χ1v) is 6.90. The highest BCUT2D eigenvalue weighted by Crippen LogP contribution is 2.25. The van der Waals surface area contributed by atoms with E-state index in [1.807, 2.05) is 4.57 Å². The van der Waals surface area contributed by atoms with Crippen LogP contribution < -0.4 is 5.73 Å². The molecule has 2 N–H and O–H groups in total. The smallest absolute Gasteiger partial charge is 0.224 e. The van der Waals surface area contributed by atoms with Gasteiger partial charge in [-0.1, -0.05) is 6.07 Å². The molecule has 0 aliphatic heterocycles. The summed E-state index contributed by atoms with van der Waals surface area (Å²) in [5.41, 5.74) is 5.61. The van der Waals surface area contributed by atoms with Crippen LogP contribution in [0.2, 0.25) is 0 Å². The van der Waals surface area contributed by atoms with E-state index < -0.39 is 11.3 Å². The van der Waals surface area contributed by atoms with E-state index in [0.717, 1.165) is 0 Å². The van der Waals surface area contributed by atoms with E-state index in [1.165, 1.54) is 6.07 Å². The lowest BCUT2D eigenvalue weighted by atomic mass is 9.92. The summed E-state index contributed by atoms with van der Waals surface area (Å²) in [6, 6.07) is 4.77. The standard InChI is InChI=1S/C14H17ClFN3O/c1-14(2,13(17)20)8-19-10-5-3-4-9(16)12(10)18-11(19)6-7-15/h3-5H,6-8H2,1-2H3,(H2,17,20). The number of carbonyl (C=O) groups is 1. The van der Waals surface area contributed by atoms with Crippen LogP contribution in [0.1, 0.15) is 19.7 Å². The molecule has 6 heteroatoms. The van der Waals surface area contributed by atoms with E-state index in [1.54, 1.807) is 26.0 Å². The Bertz CT molecular complexity index is 651. The molecule has 0 fully saturated rings. The number of imidazole rings is 1. The van der Waals surface area contributed by atoms with Crippen molar-refractivity contribution in [2.45, 2.75) is 26.8 Å². The first kappa shape index (κ1) is 14.8. The molecule has 2 aromatic rings. The van der Waals surface area contributed by atoms with Crippen molar-refractivity contribution >= 4 is 28.5 Å². The Balaban J connectivity index is 2.57. The van der Waals surface area contributed by atoms with Crippen LogP contribution in [0.15, 0.2) is 18.2 Å². The van der Waals surface area contributed by atoms with Crippen molar-refractivity contribution < 1.29 is 9.18 Å². The van der Waals surface area contributed by atoms with Crippen LogP contribution in [-0.2, 0) is 17.8 Å². The summed E-state index contributed by atoms with van der Waals surface area (Å²) in [5.74, 6) is 0.248. The van der Waals surface area contributed by atoms with E-state index in [0.29, 0.717) is 35.7 Å². The third kappa shape index (κ3) is 2.63. The van der Waals surface area contributed by atoms with Gasteiger partial charge in [-0.2, -0.15) is 0 Å². The van der Waals surface area contributed by atoms with Gasteiger partial charge in [0.15, 0.2) is 5.82 Å². The van der Waals surface area contributed by atoms with Crippen LogP contribution in [0.25, 0.3) is 11.0 Å². The van der Waals surface area contributed by atoms with Crippen molar-refractivity contribution in [2.75, 3.05) is 5.88 Å². The Morgan fingerprint density at radius 2 is 2.20 bits per heavy atom. The molecule has 0 aliphatic rings. The molecule has 0 spiro atoms. The molecule has 0 aliphatic carbocycles. The Labute approximate surface area is 121 Å². The molecule has 1 heterocycles. The normalized spacial score (nSPS) is 12.0. The van der Waals surface area contributed by atoms with Crippen molar-refractivity contribution in [1.82, 2.24) is 9.55 Å². The van der Waals surface area contributed by atoms with E-state index in [9.17, 15) is 9.18 Å². The third-order valence-corrected chi connectivity index (χ3v) is 3.54. The number of rotatable bonds is 5. The van der Waals surface area contributed by atoms with Gasteiger partial charge in [-0.3, -0.25) is 4.79 Å². The van der Waals surface area contributed by atoms with Gasteiger partial charge in [-0.25, -0.2) is 9.37 Å². The fraction of sp³-hybridized carbons (Fsp3) is 0.429. The maximum Gasteiger partial charge on any atom is 0.224 e. The minimum Gasteiger partial charge on any atom is -0.369 e. The van der Waals surface area contributed by atoms with Crippen LogP contribution in [0.4, 0.5) is 4.39 Å². The van der Waals surface area contributed by atoms with Gasteiger partial charge in [-0.05, 0) is 26.0 Å². The third-order valence-electron chi connectivity index (χ3n) is 3.35. The lowest BCUT2D eigenvalue weighted by Gasteiger charge is -2.22. The highest BCUT2D eigenvalue weighted by Gasteiger charge is 2.28. The number of nitrogens with zero attached hydrogens (tertiary/aromatic N) is 2. The number of benzene rings is 1. The van der Waals surface area contributed by atoms with Crippen LogP contribution in [0, 0.1) is 11.2 Å². The van der Waals surface area contributed by atoms with Gasteiger partial charge in [0, 0.05) is 18.8 Å². The Morgan fingerprint density at radius 1 is 1.50 bits per heavy atom. The van der Waals surface area contributed by atoms with Crippen molar-refractivity contribution in [3.63, 3.8) is 0 Å². The monoisotopic (exact) mass is 297 g/mol. The van der Waals surface area contributed by atoms with Crippen molar-refractivity contribution in [1.29, 1.82) is 0 Å². The number of halogens is 2. The second-order valence-corrected chi connectivity index (χ2v) is 5.79.